The fourth-order valence-corrected chi connectivity index (χ4v) is 3.20. The number of thioether (sulfide) groups is 1. The van der Waals surface area contributed by atoms with Gasteiger partial charge in [-0.3, -0.25) is 4.79 Å². The van der Waals surface area contributed by atoms with E-state index in [2.05, 4.69) is 15.5 Å². The van der Waals surface area contributed by atoms with E-state index in [-0.39, 0.29) is 11.4 Å². The number of rotatable bonds is 5. The van der Waals surface area contributed by atoms with E-state index >= 15 is 0 Å². The second-order valence-electron chi connectivity index (χ2n) is 5.25. The molecular formula is C18H12Cl2FN3OS. The van der Waals surface area contributed by atoms with Gasteiger partial charge in [0.15, 0.2) is 5.82 Å². The molecule has 0 saturated carbocycles. The Morgan fingerprint density at radius 3 is 2.50 bits per heavy atom. The molecule has 1 amide bonds. The highest BCUT2D eigenvalue weighted by atomic mass is 35.5. The lowest BCUT2D eigenvalue weighted by Crippen LogP contribution is -2.14. The molecule has 2 aromatic carbocycles. The first-order valence-electron chi connectivity index (χ1n) is 7.48. The van der Waals surface area contributed by atoms with Crippen LogP contribution in [0.3, 0.4) is 0 Å². The number of amides is 1. The summed E-state index contributed by atoms with van der Waals surface area (Å²) in [4.78, 5) is 12.3. The Labute approximate surface area is 163 Å². The number of carbonyl (C=O) groups excluding carboxylic acids is 1. The predicted molar refractivity (Wildman–Crippen MR) is 102 cm³/mol. The first-order valence-corrected chi connectivity index (χ1v) is 9.23. The highest BCUT2D eigenvalue weighted by Crippen LogP contribution is 2.23. The van der Waals surface area contributed by atoms with Gasteiger partial charge in [0, 0.05) is 10.8 Å². The maximum atomic E-state index is 12.9. The van der Waals surface area contributed by atoms with Gasteiger partial charge in [-0.05, 0) is 48.0 Å². The van der Waals surface area contributed by atoms with Crippen LogP contribution in [0.4, 0.5) is 10.2 Å². The summed E-state index contributed by atoms with van der Waals surface area (Å²) in [6, 6.07) is 14.3. The van der Waals surface area contributed by atoms with E-state index in [1.165, 1.54) is 30.0 Å². The summed E-state index contributed by atoms with van der Waals surface area (Å²) in [5.74, 6) is 0.257. The van der Waals surface area contributed by atoms with Gasteiger partial charge in [-0.25, -0.2) is 4.39 Å². The van der Waals surface area contributed by atoms with Gasteiger partial charge >= 0.3 is 0 Å². The monoisotopic (exact) mass is 407 g/mol. The van der Waals surface area contributed by atoms with Crippen molar-refractivity contribution in [3.8, 4) is 0 Å². The summed E-state index contributed by atoms with van der Waals surface area (Å²) in [7, 11) is 0. The van der Waals surface area contributed by atoms with Crippen molar-refractivity contribution in [2.45, 2.75) is 10.8 Å². The predicted octanol–water partition coefficient (Wildman–Crippen LogP) is 5.47. The van der Waals surface area contributed by atoms with E-state index in [0.717, 1.165) is 5.56 Å². The van der Waals surface area contributed by atoms with Gasteiger partial charge in [0.1, 0.15) is 10.8 Å². The Morgan fingerprint density at radius 2 is 1.81 bits per heavy atom. The number of nitrogens with zero attached hydrogens (tertiary/aromatic N) is 2. The molecule has 0 aliphatic rings. The van der Waals surface area contributed by atoms with E-state index in [0.29, 0.717) is 26.6 Å². The van der Waals surface area contributed by atoms with Crippen molar-refractivity contribution in [1.29, 1.82) is 0 Å². The molecule has 0 atom stereocenters. The molecule has 0 fully saturated rings. The number of hydrogen-bond acceptors (Lipinski definition) is 4. The molecule has 0 radical (unpaired) electrons. The maximum Gasteiger partial charge on any atom is 0.258 e. The van der Waals surface area contributed by atoms with E-state index in [1.54, 1.807) is 36.4 Å². The molecule has 0 bridgehead atoms. The zero-order chi connectivity index (χ0) is 18.5. The highest BCUT2D eigenvalue weighted by molar-refractivity contribution is 7.98. The van der Waals surface area contributed by atoms with Gasteiger partial charge in [-0.15, -0.1) is 10.2 Å². The van der Waals surface area contributed by atoms with Gasteiger partial charge in [-0.1, -0.05) is 47.1 Å². The molecule has 8 heteroatoms. The van der Waals surface area contributed by atoms with Crippen LogP contribution in [-0.4, -0.2) is 16.1 Å². The van der Waals surface area contributed by atoms with E-state index in [4.69, 9.17) is 23.2 Å². The van der Waals surface area contributed by atoms with Crippen LogP contribution in [-0.2, 0) is 5.75 Å². The molecule has 1 N–H and O–H groups in total. The largest absolute Gasteiger partial charge is 0.305 e. The van der Waals surface area contributed by atoms with Crippen molar-refractivity contribution in [1.82, 2.24) is 10.2 Å². The normalized spacial score (nSPS) is 10.6. The Hall–Kier alpha value is -2.15. The van der Waals surface area contributed by atoms with Crippen molar-refractivity contribution < 1.29 is 9.18 Å². The van der Waals surface area contributed by atoms with Crippen molar-refractivity contribution in [3.05, 3.63) is 81.6 Å². The average Bonchev–Trinajstić information content (AvgIpc) is 2.64. The van der Waals surface area contributed by atoms with E-state index < -0.39 is 5.91 Å². The first-order chi connectivity index (χ1) is 12.5. The third kappa shape index (κ3) is 4.94. The summed E-state index contributed by atoms with van der Waals surface area (Å²) >= 11 is 13.4. The summed E-state index contributed by atoms with van der Waals surface area (Å²) in [6.45, 7) is 0. The third-order valence-corrected chi connectivity index (χ3v) is 4.91. The molecule has 0 unspecified atom stereocenters. The number of hydrogen-bond donors (Lipinski definition) is 1. The molecule has 4 nitrogen and oxygen atoms in total. The van der Waals surface area contributed by atoms with Crippen LogP contribution in [0.1, 0.15) is 15.9 Å². The van der Waals surface area contributed by atoms with Gasteiger partial charge in [0.05, 0.1) is 10.6 Å². The summed E-state index contributed by atoms with van der Waals surface area (Å²) in [6.07, 6.45) is 0. The average molecular weight is 408 g/mol. The van der Waals surface area contributed by atoms with Crippen LogP contribution in [0.2, 0.25) is 10.0 Å². The molecule has 0 aliphatic carbocycles. The van der Waals surface area contributed by atoms with Crippen LogP contribution < -0.4 is 5.32 Å². The number of halogens is 3. The Bertz CT molecular complexity index is 921. The minimum atomic E-state index is -0.418. The highest BCUT2D eigenvalue weighted by Gasteiger charge is 2.12. The molecule has 132 valence electrons. The van der Waals surface area contributed by atoms with Crippen molar-refractivity contribution in [2.24, 2.45) is 0 Å². The number of carbonyl (C=O) groups is 1. The smallest absolute Gasteiger partial charge is 0.258 e. The molecule has 0 aliphatic heterocycles. The Morgan fingerprint density at radius 1 is 1.04 bits per heavy atom. The SMILES string of the molecule is O=C(Nc1ccc(SCc2ccc(F)cc2)nn1)c1cc(Cl)ccc1Cl. The van der Waals surface area contributed by atoms with Gasteiger partial charge in [0.2, 0.25) is 0 Å². The summed E-state index contributed by atoms with van der Waals surface area (Å²) in [5, 5.41) is 12.1. The lowest BCUT2D eigenvalue weighted by molar-refractivity contribution is 0.102. The molecule has 1 aromatic heterocycles. The van der Waals surface area contributed by atoms with Gasteiger partial charge in [-0.2, -0.15) is 0 Å². The van der Waals surface area contributed by atoms with E-state index in [9.17, 15) is 9.18 Å². The molecule has 26 heavy (non-hydrogen) atoms. The minimum absolute atomic E-state index is 0.260. The van der Waals surface area contributed by atoms with Crippen LogP contribution in [0.25, 0.3) is 0 Å². The lowest BCUT2D eigenvalue weighted by atomic mass is 10.2. The zero-order valence-electron chi connectivity index (χ0n) is 13.2. The van der Waals surface area contributed by atoms with Crippen LogP contribution >= 0.6 is 35.0 Å². The maximum absolute atomic E-state index is 12.9. The van der Waals surface area contributed by atoms with Crippen molar-refractivity contribution >= 4 is 46.7 Å². The van der Waals surface area contributed by atoms with Crippen LogP contribution in [0.15, 0.2) is 59.6 Å². The Kier molecular flexibility index (Phi) is 6.08. The minimum Gasteiger partial charge on any atom is -0.305 e. The van der Waals surface area contributed by atoms with Crippen molar-refractivity contribution in [2.75, 3.05) is 5.32 Å². The molecule has 0 spiro atoms. The molecular weight excluding hydrogens is 396 g/mol. The number of anilines is 1. The quantitative estimate of drug-likeness (QED) is 0.569. The van der Waals surface area contributed by atoms with Gasteiger partial charge in [0.25, 0.3) is 5.91 Å². The molecule has 3 rings (SSSR count). The molecule has 0 saturated heterocycles. The second kappa shape index (κ2) is 8.49. The fourth-order valence-electron chi connectivity index (χ4n) is 2.06. The summed E-state index contributed by atoms with van der Waals surface area (Å²) < 4.78 is 12.9. The van der Waals surface area contributed by atoms with E-state index in [1.807, 2.05) is 0 Å². The van der Waals surface area contributed by atoms with Crippen LogP contribution in [0.5, 0.6) is 0 Å². The Balaban J connectivity index is 1.61. The van der Waals surface area contributed by atoms with Gasteiger partial charge < -0.3 is 5.32 Å². The zero-order valence-corrected chi connectivity index (χ0v) is 15.6. The lowest BCUT2D eigenvalue weighted by Gasteiger charge is -2.07. The number of aromatic nitrogens is 2. The number of benzene rings is 2. The molecule has 3 aromatic rings. The third-order valence-electron chi connectivity index (χ3n) is 3.35. The van der Waals surface area contributed by atoms with Crippen LogP contribution in [0, 0.1) is 5.82 Å². The summed E-state index contributed by atoms with van der Waals surface area (Å²) in [5.41, 5.74) is 1.24. The standard InChI is InChI=1S/C18H12Cl2FN3OS/c19-12-3-6-15(20)14(9-12)18(25)22-16-7-8-17(24-23-16)26-10-11-1-4-13(21)5-2-11/h1-9H,10H2,(H,22,23,25). The second-order valence-corrected chi connectivity index (χ2v) is 7.09. The fraction of sp³-hybridized carbons (Fsp3) is 0.0556. The first kappa shape index (κ1) is 18.6. The van der Waals surface area contributed by atoms with Crippen molar-refractivity contribution in [3.63, 3.8) is 0 Å². The molecule has 1 heterocycles. The number of nitrogens with one attached hydrogen (secondary N) is 1. The topological polar surface area (TPSA) is 54.9 Å².